The number of hydrogen-bond acceptors (Lipinski definition) is 6. The fourth-order valence-corrected chi connectivity index (χ4v) is 3.02. The number of hydrogen-bond donors (Lipinski definition) is 2. The van der Waals surface area contributed by atoms with E-state index in [1.54, 1.807) is 18.2 Å². The molecule has 1 amide bonds. The molecule has 0 spiro atoms. The minimum absolute atomic E-state index is 0.0563. The van der Waals surface area contributed by atoms with Crippen LogP contribution in [0.15, 0.2) is 35.4 Å². The third kappa shape index (κ3) is 7.34. The van der Waals surface area contributed by atoms with Crippen molar-refractivity contribution in [3.63, 3.8) is 0 Å². The average molecular weight is 469 g/mol. The first-order chi connectivity index (χ1) is 14.8. The minimum Gasteiger partial charge on any atom is -0.490 e. The van der Waals surface area contributed by atoms with Crippen molar-refractivity contribution in [2.45, 2.75) is 20.3 Å². The Morgan fingerprint density at radius 1 is 1.06 bits per heavy atom. The first kappa shape index (κ1) is 24.3. The highest BCUT2D eigenvalue weighted by molar-refractivity contribution is 6.37. The maximum absolute atomic E-state index is 12.4. The van der Waals surface area contributed by atoms with E-state index in [-0.39, 0.29) is 15.8 Å². The summed E-state index contributed by atoms with van der Waals surface area (Å²) in [7, 11) is 0. The van der Waals surface area contributed by atoms with Crippen LogP contribution in [0.1, 0.15) is 36.2 Å². The summed E-state index contributed by atoms with van der Waals surface area (Å²) in [4.78, 5) is 23.0. The lowest BCUT2D eigenvalue weighted by atomic mass is 10.2. The number of ether oxygens (including phenoxy) is 3. The average Bonchev–Trinajstić information content (AvgIpc) is 2.72. The number of carbonyl (C=O) groups excluding carboxylic acids is 1. The van der Waals surface area contributed by atoms with Crippen molar-refractivity contribution >= 4 is 41.3 Å². The van der Waals surface area contributed by atoms with E-state index in [9.17, 15) is 9.59 Å². The summed E-state index contributed by atoms with van der Waals surface area (Å²) in [5.74, 6) is -0.502. The highest BCUT2D eigenvalue weighted by Crippen LogP contribution is 2.34. The van der Waals surface area contributed by atoms with Crippen LogP contribution in [-0.4, -0.2) is 43.0 Å². The number of benzene rings is 2. The summed E-state index contributed by atoms with van der Waals surface area (Å²) >= 11 is 12.2. The van der Waals surface area contributed by atoms with Crippen LogP contribution in [0.5, 0.6) is 17.2 Å². The molecule has 0 saturated carbocycles. The van der Waals surface area contributed by atoms with Gasteiger partial charge in [0.1, 0.15) is 0 Å². The van der Waals surface area contributed by atoms with Crippen LogP contribution in [0.4, 0.5) is 0 Å². The van der Waals surface area contributed by atoms with Gasteiger partial charge in [-0.05, 0) is 49.2 Å². The summed E-state index contributed by atoms with van der Waals surface area (Å²) in [5, 5.41) is 12.8. The lowest BCUT2D eigenvalue weighted by Gasteiger charge is -2.12. The summed E-state index contributed by atoms with van der Waals surface area (Å²) in [6.07, 6.45) is 2.20. The Bertz CT molecular complexity index is 942. The molecule has 0 radical (unpaired) electrons. The van der Waals surface area contributed by atoms with Crippen molar-refractivity contribution in [3.8, 4) is 17.2 Å². The topological polar surface area (TPSA) is 106 Å². The number of rotatable bonds is 11. The van der Waals surface area contributed by atoms with Gasteiger partial charge in [0.05, 0.1) is 29.5 Å². The number of carboxylic acids is 1. The largest absolute Gasteiger partial charge is 0.490 e. The van der Waals surface area contributed by atoms with Crippen LogP contribution < -0.4 is 19.6 Å². The molecule has 0 bridgehead atoms. The molecule has 2 aromatic carbocycles. The second-order valence-corrected chi connectivity index (χ2v) is 6.95. The third-order valence-electron chi connectivity index (χ3n) is 3.71. The van der Waals surface area contributed by atoms with Gasteiger partial charge in [-0.2, -0.15) is 5.10 Å². The fraction of sp³-hybridized carbons (Fsp3) is 0.286. The van der Waals surface area contributed by atoms with E-state index in [0.717, 1.165) is 6.42 Å². The van der Waals surface area contributed by atoms with Crippen LogP contribution in [0.3, 0.4) is 0 Å². The maximum Gasteiger partial charge on any atom is 0.341 e. The van der Waals surface area contributed by atoms with E-state index in [2.05, 4.69) is 10.5 Å². The second-order valence-electron chi connectivity index (χ2n) is 6.14. The van der Waals surface area contributed by atoms with E-state index < -0.39 is 18.5 Å². The lowest BCUT2D eigenvalue weighted by molar-refractivity contribution is -0.139. The zero-order valence-electron chi connectivity index (χ0n) is 17.0. The molecule has 0 aliphatic rings. The van der Waals surface area contributed by atoms with Gasteiger partial charge >= 0.3 is 5.97 Å². The van der Waals surface area contributed by atoms with Gasteiger partial charge in [-0.1, -0.05) is 30.1 Å². The summed E-state index contributed by atoms with van der Waals surface area (Å²) in [6, 6.07) is 7.83. The Labute approximate surface area is 189 Å². The second kappa shape index (κ2) is 12.0. The molecular formula is C21H22Cl2N2O6. The van der Waals surface area contributed by atoms with Crippen molar-refractivity contribution in [1.29, 1.82) is 0 Å². The van der Waals surface area contributed by atoms with Crippen LogP contribution in [0.25, 0.3) is 0 Å². The van der Waals surface area contributed by atoms with Gasteiger partial charge in [-0.15, -0.1) is 0 Å². The Balaban J connectivity index is 2.08. The molecule has 2 N–H and O–H groups in total. The van der Waals surface area contributed by atoms with Crippen molar-refractivity contribution in [3.05, 3.63) is 51.5 Å². The van der Waals surface area contributed by atoms with Gasteiger partial charge in [-0.25, -0.2) is 10.2 Å². The van der Waals surface area contributed by atoms with Gasteiger partial charge in [0.2, 0.25) is 0 Å². The summed E-state index contributed by atoms with van der Waals surface area (Å²) in [6.45, 7) is 4.24. The zero-order chi connectivity index (χ0) is 22.8. The predicted octanol–water partition coefficient (Wildman–Crippen LogP) is 4.41. The maximum atomic E-state index is 12.4. The number of aliphatic carboxylic acids is 1. The van der Waals surface area contributed by atoms with Crippen molar-refractivity contribution in [2.24, 2.45) is 5.10 Å². The Hall–Kier alpha value is -2.97. The predicted molar refractivity (Wildman–Crippen MR) is 118 cm³/mol. The standard InChI is InChI=1S/C21H22Cl2N2O6/c1-3-7-30-17-6-5-14(10-18(17)29-4-2)21(28)25-24-11-13-8-15(22)20(16(23)9-13)31-12-19(26)27/h5-6,8-11H,3-4,7,12H2,1-2H3,(H,25,28)(H,26,27)/b24-11+. The van der Waals surface area contributed by atoms with E-state index in [1.165, 1.54) is 18.3 Å². The van der Waals surface area contributed by atoms with E-state index >= 15 is 0 Å². The molecule has 0 atom stereocenters. The molecule has 0 saturated heterocycles. The molecular weight excluding hydrogens is 447 g/mol. The third-order valence-corrected chi connectivity index (χ3v) is 4.27. The fourth-order valence-electron chi connectivity index (χ4n) is 2.40. The molecule has 31 heavy (non-hydrogen) atoms. The van der Waals surface area contributed by atoms with Gasteiger partial charge < -0.3 is 19.3 Å². The molecule has 0 aliphatic heterocycles. The smallest absolute Gasteiger partial charge is 0.341 e. The van der Waals surface area contributed by atoms with Crippen molar-refractivity contribution in [1.82, 2.24) is 5.43 Å². The Kier molecular flexibility index (Phi) is 9.42. The lowest BCUT2D eigenvalue weighted by Crippen LogP contribution is -2.17. The Morgan fingerprint density at radius 3 is 2.39 bits per heavy atom. The normalized spacial score (nSPS) is 10.7. The Morgan fingerprint density at radius 2 is 1.77 bits per heavy atom. The summed E-state index contributed by atoms with van der Waals surface area (Å²) in [5.41, 5.74) is 3.24. The van der Waals surface area contributed by atoms with Gasteiger partial charge in [0, 0.05) is 5.56 Å². The molecule has 0 unspecified atom stereocenters. The summed E-state index contributed by atoms with van der Waals surface area (Å²) < 4.78 is 16.2. The number of amides is 1. The molecule has 0 aromatic heterocycles. The highest BCUT2D eigenvalue weighted by Gasteiger charge is 2.13. The monoisotopic (exact) mass is 468 g/mol. The van der Waals surface area contributed by atoms with Gasteiger partial charge in [0.25, 0.3) is 5.91 Å². The first-order valence-electron chi connectivity index (χ1n) is 9.42. The first-order valence-corrected chi connectivity index (χ1v) is 10.2. The number of carbonyl (C=O) groups is 2. The van der Waals surface area contributed by atoms with Crippen LogP contribution in [0.2, 0.25) is 10.0 Å². The number of nitrogens with zero attached hydrogens (tertiary/aromatic N) is 1. The van der Waals surface area contributed by atoms with Crippen LogP contribution in [-0.2, 0) is 4.79 Å². The quantitative estimate of drug-likeness (QED) is 0.373. The van der Waals surface area contributed by atoms with Crippen molar-refractivity contribution in [2.75, 3.05) is 19.8 Å². The molecule has 0 aliphatic carbocycles. The van der Waals surface area contributed by atoms with Gasteiger partial charge in [0.15, 0.2) is 23.9 Å². The van der Waals surface area contributed by atoms with Gasteiger partial charge in [-0.3, -0.25) is 4.79 Å². The zero-order valence-corrected chi connectivity index (χ0v) is 18.5. The molecule has 2 rings (SSSR count). The highest BCUT2D eigenvalue weighted by atomic mass is 35.5. The molecule has 0 heterocycles. The molecule has 8 nitrogen and oxygen atoms in total. The minimum atomic E-state index is -1.15. The van der Waals surface area contributed by atoms with Crippen LogP contribution >= 0.6 is 23.2 Å². The van der Waals surface area contributed by atoms with Crippen LogP contribution in [0, 0.1) is 0 Å². The number of hydrazone groups is 1. The molecule has 2 aromatic rings. The number of carboxylic acid groups (broad SMARTS) is 1. The SMILES string of the molecule is CCCOc1ccc(C(=O)N/N=C/c2cc(Cl)c(OCC(=O)O)c(Cl)c2)cc1OCC. The number of halogens is 2. The molecule has 166 valence electrons. The van der Waals surface area contributed by atoms with Crippen molar-refractivity contribution < 1.29 is 28.9 Å². The number of nitrogens with one attached hydrogen (secondary N) is 1. The van der Waals surface area contributed by atoms with E-state index in [1.807, 2.05) is 13.8 Å². The molecule has 10 heteroatoms. The molecule has 0 fully saturated rings. The van der Waals surface area contributed by atoms with E-state index in [0.29, 0.717) is 35.8 Å². The van der Waals surface area contributed by atoms with E-state index in [4.69, 9.17) is 42.5 Å².